The fourth-order valence-corrected chi connectivity index (χ4v) is 3.35. The molecule has 1 aliphatic carbocycles. The van der Waals surface area contributed by atoms with Crippen molar-refractivity contribution in [3.8, 4) is 0 Å². The summed E-state index contributed by atoms with van der Waals surface area (Å²) in [6.07, 6.45) is 8.31. The second kappa shape index (κ2) is 8.11. The lowest BCUT2D eigenvalue weighted by Gasteiger charge is -2.34. The topological polar surface area (TPSA) is 32.3 Å². The predicted molar refractivity (Wildman–Crippen MR) is 81.6 cm³/mol. The Morgan fingerprint density at radius 3 is 2.53 bits per heavy atom. The molecule has 1 aliphatic heterocycles. The molecule has 3 nitrogen and oxygen atoms in total. The average Bonchev–Trinajstić information content (AvgIpc) is 2.41. The highest BCUT2D eigenvalue weighted by Crippen LogP contribution is 2.31. The number of halogens is 1. The van der Waals surface area contributed by atoms with Crippen LogP contribution in [0.4, 0.5) is 0 Å². The molecule has 1 heterocycles. The van der Waals surface area contributed by atoms with Crippen LogP contribution < -0.4 is 5.32 Å². The summed E-state index contributed by atoms with van der Waals surface area (Å²) in [7, 11) is 2.00. The van der Waals surface area contributed by atoms with Gasteiger partial charge in [0, 0.05) is 25.6 Å². The molecule has 1 saturated heterocycles. The highest BCUT2D eigenvalue weighted by atomic mass is 35.5. The Morgan fingerprint density at radius 2 is 1.89 bits per heavy atom. The van der Waals surface area contributed by atoms with Crippen molar-refractivity contribution in [2.45, 2.75) is 57.9 Å². The summed E-state index contributed by atoms with van der Waals surface area (Å²) < 4.78 is 0. The monoisotopic (exact) mass is 288 g/mol. The molecule has 0 aromatic heterocycles. The highest BCUT2D eigenvalue weighted by Gasteiger charge is 2.26. The minimum Gasteiger partial charge on any atom is -0.341 e. The van der Waals surface area contributed by atoms with Gasteiger partial charge in [0.05, 0.1) is 0 Å². The molecule has 2 rings (SSSR count). The SMILES string of the molecule is CNC1CCCN(C(=O)CC2CCC(C)CC2)C1.Cl. The van der Waals surface area contributed by atoms with Gasteiger partial charge >= 0.3 is 0 Å². The average molecular weight is 289 g/mol. The Kier molecular flexibility index (Phi) is 7.16. The minimum absolute atomic E-state index is 0. The third-order valence-corrected chi connectivity index (χ3v) is 4.78. The van der Waals surface area contributed by atoms with E-state index in [9.17, 15) is 4.79 Å². The van der Waals surface area contributed by atoms with Crippen LogP contribution in [0.2, 0.25) is 0 Å². The third kappa shape index (κ3) is 4.96. The second-order valence-corrected chi connectivity index (χ2v) is 6.30. The van der Waals surface area contributed by atoms with Crippen LogP contribution in [-0.2, 0) is 4.79 Å². The van der Waals surface area contributed by atoms with Crippen LogP contribution in [0.1, 0.15) is 51.9 Å². The fourth-order valence-electron chi connectivity index (χ4n) is 3.35. The van der Waals surface area contributed by atoms with E-state index in [0.29, 0.717) is 17.9 Å². The van der Waals surface area contributed by atoms with Crippen LogP contribution in [0.3, 0.4) is 0 Å². The zero-order chi connectivity index (χ0) is 13.0. The van der Waals surface area contributed by atoms with Gasteiger partial charge in [0.15, 0.2) is 0 Å². The van der Waals surface area contributed by atoms with Gasteiger partial charge in [-0.25, -0.2) is 0 Å². The molecule has 19 heavy (non-hydrogen) atoms. The summed E-state index contributed by atoms with van der Waals surface area (Å²) in [5.41, 5.74) is 0. The molecule has 2 aliphatic rings. The zero-order valence-corrected chi connectivity index (χ0v) is 13.2. The first-order valence-corrected chi connectivity index (χ1v) is 7.64. The molecule has 1 atom stereocenters. The summed E-state index contributed by atoms with van der Waals surface area (Å²) in [4.78, 5) is 14.4. The van der Waals surface area contributed by atoms with E-state index >= 15 is 0 Å². The smallest absolute Gasteiger partial charge is 0.222 e. The molecule has 1 N–H and O–H groups in total. The Morgan fingerprint density at radius 1 is 1.21 bits per heavy atom. The van der Waals surface area contributed by atoms with E-state index in [0.717, 1.165) is 31.8 Å². The standard InChI is InChI=1S/C15H28N2O.ClH/c1-12-5-7-13(8-6-12)10-15(18)17-9-3-4-14(11-17)16-2;/h12-14,16H,3-11H2,1-2H3;1H. The number of carbonyl (C=O) groups is 1. The van der Waals surface area contributed by atoms with Gasteiger partial charge in [-0.1, -0.05) is 19.8 Å². The molecular weight excluding hydrogens is 260 g/mol. The van der Waals surface area contributed by atoms with Crippen LogP contribution in [0.5, 0.6) is 0 Å². The molecule has 0 radical (unpaired) electrons. The number of hydrogen-bond donors (Lipinski definition) is 1. The van der Waals surface area contributed by atoms with E-state index in [-0.39, 0.29) is 12.4 Å². The van der Waals surface area contributed by atoms with E-state index in [1.165, 1.54) is 32.1 Å². The number of rotatable bonds is 3. The van der Waals surface area contributed by atoms with Crippen molar-refractivity contribution in [1.29, 1.82) is 0 Å². The molecule has 2 fully saturated rings. The van der Waals surface area contributed by atoms with E-state index in [1.54, 1.807) is 0 Å². The zero-order valence-electron chi connectivity index (χ0n) is 12.4. The lowest BCUT2D eigenvalue weighted by Crippen LogP contribution is -2.47. The molecule has 0 bridgehead atoms. The van der Waals surface area contributed by atoms with Crippen molar-refractivity contribution in [3.05, 3.63) is 0 Å². The van der Waals surface area contributed by atoms with Crippen LogP contribution in [0.25, 0.3) is 0 Å². The molecular formula is C15H29ClN2O. The van der Waals surface area contributed by atoms with E-state index in [1.807, 2.05) is 7.05 Å². The van der Waals surface area contributed by atoms with E-state index < -0.39 is 0 Å². The third-order valence-electron chi connectivity index (χ3n) is 4.78. The van der Waals surface area contributed by atoms with Gasteiger partial charge in [0.2, 0.25) is 5.91 Å². The van der Waals surface area contributed by atoms with Gasteiger partial charge < -0.3 is 10.2 Å². The van der Waals surface area contributed by atoms with Crippen LogP contribution in [-0.4, -0.2) is 37.0 Å². The van der Waals surface area contributed by atoms with Crippen molar-refractivity contribution >= 4 is 18.3 Å². The molecule has 1 unspecified atom stereocenters. The molecule has 0 aromatic carbocycles. The highest BCUT2D eigenvalue weighted by molar-refractivity contribution is 5.85. The van der Waals surface area contributed by atoms with Gasteiger partial charge in [-0.3, -0.25) is 4.79 Å². The maximum atomic E-state index is 12.3. The lowest BCUT2D eigenvalue weighted by molar-refractivity contribution is -0.133. The Labute approximate surface area is 123 Å². The van der Waals surface area contributed by atoms with E-state index in [4.69, 9.17) is 0 Å². The number of carbonyl (C=O) groups excluding carboxylic acids is 1. The number of likely N-dealkylation sites (N-methyl/N-ethyl adjacent to an activating group) is 1. The molecule has 1 amide bonds. The van der Waals surface area contributed by atoms with Crippen LogP contribution in [0.15, 0.2) is 0 Å². The summed E-state index contributed by atoms with van der Waals surface area (Å²) >= 11 is 0. The molecule has 1 saturated carbocycles. The van der Waals surface area contributed by atoms with Gasteiger partial charge in [0.25, 0.3) is 0 Å². The first kappa shape index (κ1) is 16.8. The molecule has 4 heteroatoms. The number of piperidine rings is 1. The van der Waals surface area contributed by atoms with Crippen molar-refractivity contribution in [1.82, 2.24) is 10.2 Å². The van der Waals surface area contributed by atoms with Gasteiger partial charge in [0.1, 0.15) is 0 Å². The Balaban J connectivity index is 0.00000180. The lowest BCUT2D eigenvalue weighted by atomic mass is 9.81. The quantitative estimate of drug-likeness (QED) is 0.866. The fraction of sp³-hybridized carbons (Fsp3) is 0.933. The van der Waals surface area contributed by atoms with Crippen LogP contribution >= 0.6 is 12.4 Å². The van der Waals surface area contributed by atoms with E-state index in [2.05, 4.69) is 17.1 Å². The number of likely N-dealkylation sites (tertiary alicyclic amines) is 1. The first-order valence-electron chi connectivity index (χ1n) is 7.64. The summed E-state index contributed by atoms with van der Waals surface area (Å²) in [6.45, 7) is 4.22. The molecule has 112 valence electrons. The number of nitrogens with one attached hydrogen (secondary N) is 1. The Bertz CT molecular complexity index is 277. The normalized spacial score (nSPS) is 31.7. The summed E-state index contributed by atoms with van der Waals surface area (Å²) in [6, 6.07) is 0.508. The first-order chi connectivity index (χ1) is 8.69. The summed E-state index contributed by atoms with van der Waals surface area (Å²) in [5.74, 6) is 1.93. The number of amides is 1. The number of nitrogens with zero attached hydrogens (tertiary/aromatic N) is 1. The maximum Gasteiger partial charge on any atom is 0.222 e. The van der Waals surface area contributed by atoms with Gasteiger partial charge in [-0.05, 0) is 44.6 Å². The Hall–Kier alpha value is -0.280. The minimum atomic E-state index is 0. The molecule has 0 spiro atoms. The largest absolute Gasteiger partial charge is 0.341 e. The van der Waals surface area contributed by atoms with Crippen molar-refractivity contribution < 1.29 is 4.79 Å². The summed E-state index contributed by atoms with van der Waals surface area (Å²) in [5, 5.41) is 3.30. The number of hydrogen-bond acceptors (Lipinski definition) is 2. The van der Waals surface area contributed by atoms with Crippen LogP contribution in [0, 0.1) is 11.8 Å². The molecule has 0 aromatic rings. The van der Waals surface area contributed by atoms with Crippen molar-refractivity contribution in [2.75, 3.05) is 20.1 Å². The van der Waals surface area contributed by atoms with Gasteiger partial charge in [-0.15, -0.1) is 12.4 Å². The van der Waals surface area contributed by atoms with Crippen molar-refractivity contribution in [3.63, 3.8) is 0 Å². The maximum absolute atomic E-state index is 12.3. The van der Waals surface area contributed by atoms with Crippen molar-refractivity contribution in [2.24, 2.45) is 11.8 Å². The predicted octanol–water partition coefficient (Wildman–Crippen LogP) is 2.84. The second-order valence-electron chi connectivity index (χ2n) is 6.30. The van der Waals surface area contributed by atoms with Gasteiger partial charge in [-0.2, -0.15) is 0 Å².